The highest BCUT2D eigenvalue weighted by molar-refractivity contribution is 6.04. The summed E-state index contributed by atoms with van der Waals surface area (Å²) in [5, 5.41) is 4.88. The Morgan fingerprint density at radius 3 is 2.14 bits per heavy atom. The number of hydrogen-bond acceptors (Lipinski definition) is 3. The van der Waals surface area contributed by atoms with Crippen LogP contribution in [0.1, 0.15) is 32.1 Å². The summed E-state index contributed by atoms with van der Waals surface area (Å²) in [6.07, 6.45) is 0. The molecule has 2 N–H and O–H groups in total. The Morgan fingerprint density at radius 1 is 0.857 bits per heavy atom. The van der Waals surface area contributed by atoms with E-state index in [1.165, 1.54) is 24.3 Å². The van der Waals surface area contributed by atoms with Gasteiger partial charge in [0.25, 0.3) is 11.8 Å². The van der Waals surface area contributed by atoms with E-state index in [1.807, 2.05) is 31.2 Å². The van der Waals surface area contributed by atoms with Crippen LogP contribution in [0.15, 0.2) is 60.7 Å². The van der Waals surface area contributed by atoms with Gasteiger partial charge in [0.2, 0.25) is 0 Å². The van der Waals surface area contributed by atoms with Crippen molar-refractivity contribution in [2.75, 3.05) is 5.32 Å². The molecule has 0 saturated heterocycles. The molecule has 0 radical (unpaired) electrons. The Morgan fingerprint density at radius 2 is 1.46 bits per heavy atom. The number of aromatic nitrogens is 1. The summed E-state index contributed by atoms with van der Waals surface area (Å²) >= 11 is 0. The fourth-order valence-electron chi connectivity index (χ4n) is 2.56. The molecule has 3 rings (SSSR count). The number of pyridine rings is 1. The monoisotopic (exact) mass is 381 g/mol. The van der Waals surface area contributed by atoms with Crippen molar-refractivity contribution in [1.82, 2.24) is 10.3 Å². The number of amides is 2. The highest BCUT2D eigenvalue weighted by Crippen LogP contribution is 2.18. The molecule has 0 saturated carbocycles. The highest BCUT2D eigenvalue weighted by atomic mass is 19.1. The Bertz CT molecular complexity index is 1020. The molecular weight excluding hydrogens is 364 g/mol. The summed E-state index contributed by atoms with van der Waals surface area (Å²) in [5.74, 6) is -3.09. The van der Waals surface area contributed by atoms with Crippen molar-refractivity contribution in [3.05, 3.63) is 94.8 Å². The van der Waals surface area contributed by atoms with Crippen LogP contribution in [-0.4, -0.2) is 16.8 Å². The number of aryl methyl sites for hydroxylation is 1. The predicted octanol–water partition coefficient (Wildman–Crippen LogP) is 3.85. The molecule has 7 heteroatoms. The summed E-state index contributed by atoms with van der Waals surface area (Å²) in [5.41, 5.74) is 1.32. The molecule has 0 fully saturated rings. The molecule has 0 atom stereocenters. The van der Waals surface area contributed by atoms with Crippen molar-refractivity contribution in [3.63, 3.8) is 0 Å². The SMILES string of the molecule is Cc1ccccc1CNC(=O)c1cccc(C(=O)Nc2c(F)cccc2F)n1. The van der Waals surface area contributed by atoms with Crippen LogP contribution >= 0.6 is 0 Å². The fraction of sp³-hybridized carbons (Fsp3) is 0.0952. The van der Waals surface area contributed by atoms with Crippen molar-refractivity contribution in [2.45, 2.75) is 13.5 Å². The lowest BCUT2D eigenvalue weighted by molar-refractivity contribution is 0.0945. The van der Waals surface area contributed by atoms with Crippen LogP contribution in [0.3, 0.4) is 0 Å². The summed E-state index contributed by atoms with van der Waals surface area (Å²) in [6.45, 7) is 2.25. The first-order chi connectivity index (χ1) is 13.5. The van der Waals surface area contributed by atoms with E-state index in [1.54, 1.807) is 0 Å². The molecule has 0 bridgehead atoms. The number of carbonyl (C=O) groups excluding carboxylic acids is 2. The predicted molar refractivity (Wildman–Crippen MR) is 101 cm³/mol. The van der Waals surface area contributed by atoms with Crippen LogP contribution in [0.2, 0.25) is 0 Å². The van der Waals surface area contributed by atoms with Crippen LogP contribution in [0, 0.1) is 18.6 Å². The van der Waals surface area contributed by atoms with E-state index in [4.69, 9.17) is 0 Å². The van der Waals surface area contributed by atoms with E-state index in [0.717, 1.165) is 23.3 Å². The molecular formula is C21H17F2N3O2. The molecule has 0 aliphatic rings. The van der Waals surface area contributed by atoms with E-state index < -0.39 is 29.1 Å². The van der Waals surface area contributed by atoms with Gasteiger partial charge in [0.15, 0.2) is 0 Å². The van der Waals surface area contributed by atoms with Crippen LogP contribution < -0.4 is 10.6 Å². The van der Waals surface area contributed by atoms with Gasteiger partial charge in [-0.25, -0.2) is 13.8 Å². The van der Waals surface area contributed by atoms with Crippen LogP contribution in [-0.2, 0) is 6.54 Å². The largest absolute Gasteiger partial charge is 0.347 e. The fourth-order valence-corrected chi connectivity index (χ4v) is 2.56. The third kappa shape index (κ3) is 4.37. The lowest BCUT2D eigenvalue weighted by Gasteiger charge is -2.09. The molecule has 0 spiro atoms. The van der Waals surface area contributed by atoms with Gasteiger partial charge >= 0.3 is 0 Å². The standard InChI is InChI=1S/C21H17F2N3O2/c1-13-6-2-3-7-14(13)12-24-20(27)17-10-5-11-18(25-17)21(28)26-19-15(22)8-4-9-16(19)23/h2-11H,12H2,1H3,(H,24,27)(H,26,28). The minimum Gasteiger partial charge on any atom is -0.347 e. The molecule has 0 unspecified atom stereocenters. The van der Waals surface area contributed by atoms with E-state index in [-0.39, 0.29) is 11.4 Å². The number of nitrogens with one attached hydrogen (secondary N) is 2. The van der Waals surface area contributed by atoms with Crippen LogP contribution in [0.4, 0.5) is 14.5 Å². The molecule has 3 aromatic rings. The van der Waals surface area contributed by atoms with Gasteiger partial charge in [-0.1, -0.05) is 36.4 Å². The zero-order valence-electron chi connectivity index (χ0n) is 15.0. The first-order valence-electron chi connectivity index (χ1n) is 8.51. The topological polar surface area (TPSA) is 71.1 Å². The molecule has 1 heterocycles. The number of rotatable bonds is 5. The third-order valence-electron chi connectivity index (χ3n) is 4.12. The summed E-state index contributed by atoms with van der Waals surface area (Å²) in [6, 6.07) is 15.1. The zero-order valence-corrected chi connectivity index (χ0v) is 15.0. The summed E-state index contributed by atoms with van der Waals surface area (Å²) in [7, 11) is 0. The minimum absolute atomic E-state index is 0.0234. The second kappa shape index (κ2) is 8.39. The lowest BCUT2D eigenvalue weighted by atomic mass is 10.1. The summed E-state index contributed by atoms with van der Waals surface area (Å²) < 4.78 is 27.4. The van der Waals surface area contributed by atoms with Gasteiger partial charge in [0.1, 0.15) is 28.7 Å². The molecule has 28 heavy (non-hydrogen) atoms. The molecule has 0 aliphatic heterocycles. The van der Waals surface area contributed by atoms with Gasteiger partial charge in [-0.05, 0) is 42.3 Å². The number of halogens is 2. The Kier molecular flexibility index (Phi) is 5.74. The Hall–Kier alpha value is -3.61. The molecule has 2 amide bonds. The van der Waals surface area contributed by atoms with Crippen molar-refractivity contribution in [1.29, 1.82) is 0 Å². The summed E-state index contributed by atoms with van der Waals surface area (Å²) in [4.78, 5) is 28.6. The van der Waals surface area contributed by atoms with Crippen molar-refractivity contribution >= 4 is 17.5 Å². The van der Waals surface area contributed by atoms with Gasteiger partial charge in [-0.3, -0.25) is 9.59 Å². The van der Waals surface area contributed by atoms with Gasteiger partial charge in [-0.2, -0.15) is 0 Å². The highest BCUT2D eigenvalue weighted by Gasteiger charge is 2.16. The molecule has 5 nitrogen and oxygen atoms in total. The number of hydrogen-bond donors (Lipinski definition) is 2. The van der Waals surface area contributed by atoms with E-state index >= 15 is 0 Å². The molecule has 0 aliphatic carbocycles. The molecule has 1 aromatic heterocycles. The average molecular weight is 381 g/mol. The first kappa shape index (κ1) is 19.2. The second-order valence-corrected chi connectivity index (χ2v) is 6.07. The zero-order chi connectivity index (χ0) is 20.1. The number of anilines is 1. The lowest BCUT2D eigenvalue weighted by Crippen LogP contribution is -2.25. The number of carbonyl (C=O) groups is 2. The number of benzene rings is 2. The number of nitrogens with zero attached hydrogens (tertiary/aromatic N) is 1. The first-order valence-corrected chi connectivity index (χ1v) is 8.51. The maximum atomic E-state index is 13.7. The van der Waals surface area contributed by atoms with Crippen molar-refractivity contribution < 1.29 is 18.4 Å². The van der Waals surface area contributed by atoms with E-state index in [2.05, 4.69) is 15.6 Å². The molecule has 2 aromatic carbocycles. The van der Waals surface area contributed by atoms with E-state index in [9.17, 15) is 18.4 Å². The van der Waals surface area contributed by atoms with Crippen molar-refractivity contribution in [2.24, 2.45) is 0 Å². The second-order valence-electron chi connectivity index (χ2n) is 6.07. The van der Waals surface area contributed by atoms with Crippen LogP contribution in [0.5, 0.6) is 0 Å². The Balaban J connectivity index is 1.72. The smallest absolute Gasteiger partial charge is 0.274 e. The Labute approximate surface area is 160 Å². The van der Waals surface area contributed by atoms with Gasteiger partial charge in [0.05, 0.1) is 0 Å². The van der Waals surface area contributed by atoms with Gasteiger partial charge in [0, 0.05) is 6.54 Å². The van der Waals surface area contributed by atoms with Crippen LogP contribution in [0.25, 0.3) is 0 Å². The van der Waals surface area contributed by atoms with Gasteiger partial charge in [-0.15, -0.1) is 0 Å². The van der Waals surface area contributed by atoms with E-state index in [0.29, 0.717) is 6.54 Å². The third-order valence-corrected chi connectivity index (χ3v) is 4.12. The quantitative estimate of drug-likeness (QED) is 0.705. The molecule has 142 valence electrons. The normalized spacial score (nSPS) is 10.4. The maximum Gasteiger partial charge on any atom is 0.274 e. The van der Waals surface area contributed by atoms with Gasteiger partial charge < -0.3 is 10.6 Å². The average Bonchev–Trinajstić information content (AvgIpc) is 2.70. The number of para-hydroxylation sites is 1. The maximum absolute atomic E-state index is 13.7. The minimum atomic E-state index is -0.902. The van der Waals surface area contributed by atoms with Crippen molar-refractivity contribution in [3.8, 4) is 0 Å².